The number of hydrogen-bond donors (Lipinski definition) is 0. The van der Waals surface area contributed by atoms with Crippen LogP contribution >= 0.6 is 0 Å². The Labute approximate surface area is 313 Å². The van der Waals surface area contributed by atoms with Crippen LogP contribution in [0.5, 0.6) is 0 Å². The topological polar surface area (TPSA) is 77.3 Å². The standard InChI is InChI=1S/C48H32N6/c1-4-13-33(14-5-1)40-31-43(42-20-10-11-29-49-42)51-44(32-40)45-41(19-12-30-50-45)36-25-21-34(22-26-36)35-23-27-39(28-24-35)48-53-46(37-15-6-2-7-16-37)52-47(54-48)38-17-8-3-9-18-38/h1-32H. The fourth-order valence-corrected chi connectivity index (χ4v) is 6.53. The molecule has 0 N–H and O–H groups in total. The molecule has 0 saturated carbocycles. The van der Waals surface area contributed by atoms with Crippen molar-refractivity contribution in [3.63, 3.8) is 0 Å². The van der Waals surface area contributed by atoms with Crippen molar-refractivity contribution >= 4 is 0 Å². The molecule has 254 valence electrons. The summed E-state index contributed by atoms with van der Waals surface area (Å²) >= 11 is 0. The molecule has 0 spiro atoms. The molecule has 0 aliphatic carbocycles. The fourth-order valence-electron chi connectivity index (χ4n) is 6.53. The highest BCUT2D eigenvalue weighted by Gasteiger charge is 2.16. The molecule has 0 aliphatic rings. The third-order valence-corrected chi connectivity index (χ3v) is 9.28. The summed E-state index contributed by atoms with van der Waals surface area (Å²) in [5, 5.41) is 0. The number of rotatable bonds is 8. The van der Waals surface area contributed by atoms with E-state index in [1.54, 1.807) is 6.20 Å². The van der Waals surface area contributed by atoms with Gasteiger partial charge in [-0.3, -0.25) is 9.97 Å². The molecular formula is C48H32N6. The minimum atomic E-state index is 0.629. The van der Waals surface area contributed by atoms with Gasteiger partial charge in [0.2, 0.25) is 0 Å². The van der Waals surface area contributed by atoms with Crippen LogP contribution in [0.3, 0.4) is 0 Å². The average Bonchev–Trinajstić information content (AvgIpc) is 3.27. The van der Waals surface area contributed by atoms with Crippen molar-refractivity contribution in [2.24, 2.45) is 0 Å². The molecule has 0 amide bonds. The SMILES string of the molecule is c1ccc(-c2cc(-c3ccccn3)nc(-c3ncccc3-c3ccc(-c4ccc(-c5nc(-c6ccccc6)nc(-c6ccccc6)n5)cc4)cc3)c2)cc1. The molecule has 6 nitrogen and oxygen atoms in total. The van der Waals surface area contributed by atoms with E-state index < -0.39 is 0 Å². The van der Waals surface area contributed by atoms with Gasteiger partial charge in [0, 0.05) is 34.6 Å². The Hall–Kier alpha value is -7.44. The molecule has 5 aromatic carbocycles. The Kier molecular flexibility index (Phi) is 8.81. The zero-order chi connectivity index (χ0) is 36.1. The number of aromatic nitrogens is 6. The van der Waals surface area contributed by atoms with Crippen LogP contribution in [-0.2, 0) is 0 Å². The van der Waals surface area contributed by atoms with Gasteiger partial charge < -0.3 is 0 Å². The van der Waals surface area contributed by atoms with Crippen molar-refractivity contribution in [1.29, 1.82) is 0 Å². The van der Waals surface area contributed by atoms with E-state index in [0.717, 1.165) is 72.8 Å². The van der Waals surface area contributed by atoms with E-state index in [1.165, 1.54) is 0 Å². The van der Waals surface area contributed by atoms with Crippen LogP contribution in [0.2, 0.25) is 0 Å². The highest BCUT2D eigenvalue weighted by Crippen LogP contribution is 2.35. The Morgan fingerprint density at radius 3 is 1.26 bits per heavy atom. The Bertz CT molecular complexity index is 2550. The van der Waals surface area contributed by atoms with Gasteiger partial charge in [-0.05, 0) is 58.1 Å². The summed E-state index contributed by atoms with van der Waals surface area (Å²) in [7, 11) is 0. The Morgan fingerprint density at radius 1 is 0.259 bits per heavy atom. The van der Waals surface area contributed by atoms with E-state index in [1.807, 2.05) is 109 Å². The monoisotopic (exact) mass is 692 g/mol. The molecule has 6 heteroatoms. The minimum Gasteiger partial charge on any atom is -0.255 e. The maximum Gasteiger partial charge on any atom is 0.164 e. The molecule has 9 aromatic rings. The van der Waals surface area contributed by atoms with Crippen molar-refractivity contribution in [2.75, 3.05) is 0 Å². The van der Waals surface area contributed by atoms with Gasteiger partial charge in [-0.1, -0.05) is 152 Å². The quantitative estimate of drug-likeness (QED) is 0.158. The van der Waals surface area contributed by atoms with Gasteiger partial charge in [-0.2, -0.15) is 0 Å². The summed E-state index contributed by atoms with van der Waals surface area (Å²) in [6, 6.07) is 61.5. The van der Waals surface area contributed by atoms with Crippen molar-refractivity contribution in [3.05, 3.63) is 194 Å². The second-order valence-electron chi connectivity index (χ2n) is 12.8. The number of pyridine rings is 3. The molecule has 4 heterocycles. The first-order chi connectivity index (χ1) is 26.7. The van der Waals surface area contributed by atoms with Crippen LogP contribution in [0.15, 0.2) is 194 Å². The maximum absolute atomic E-state index is 5.09. The Morgan fingerprint density at radius 2 is 0.704 bits per heavy atom. The van der Waals surface area contributed by atoms with E-state index in [4.69, 9.17) is 24.9 Å². The van der Waals surface area contributed by atoms with Gasteiger partial charge in [-0.15, -0.1) is 0 Å². The fraction of sp³-hybridized carbons (Fsp3) is 0. The Balaban J connectivity index is 1.04. The predicted molar refractivity (Wildman–Crippen MR) is 217 cm³/mol. The second kappa shape index (κ2) is 14.7. The number of nitrogens with zero attached hydrogens (tertiary/aromatic N) is 6. The average molecular weight is 693 g/mol. The third-order valence-electron chi connectivity index (χ3n) is 9.28. The highest BCUT2D eigenvalue weighted by molar-refractivity contribution is 5.84. The van der Waals surface area contributed by atoms with Crippen LogP contribution in [0.25, 0.3) is 90.3 Å². The molecule has 0 radical (unpaired) electrons. The third kappa shape index (κ3) is 6.79. The lowest BCUT2D eigenvalue weighted by Gasteiger charge is -2.13. The lowest BCUT2D eigenvalue weighted by atomic mass is 9.96. The molecule has 0 unspecified atom stereocenters. The summed E-state index contributed by atoms with van der Waals surface area (Å²) in [4.78, 5) is 29.2. The van der Waals surface area contributed by atoms with Crippen LogP contribution in [0.1, 0.15) is 0 Å². The first kappa shape index (κ1) is 32.5. The highest BCUT2D eigenvalue weighted by atomic mass is 15.0. The zero-order valence-corrected chi connectivity index (χ0v) is 29.2. The van der Waals surface area contributed by atoms with E-state index in [9.17, 15) is 0 Å². The van der Waals surface area contributed by atoms with Crippen LogP contribution < -0.4 is 0 Å². The van der Waals surface area contributed by atoms with Gasteiger partial charge in [0.1, 0.15) is 0 Å². The molecule has 0 saturated heterocycles. The first-order valence-electron chi connectivity index (χ1n) is 17.8. The molecule has 0 aliphatic heterocycles. The van der Waals surface area contributed by atoms with E-state index in [2.05, 4.69) is 83.8 Å². The summed E-state index contributed by atoms with van der Waals surface area (Å²) in [5.41, 5.74) is 12.4. The van der Waals surface area contributed by atoms with Crippen molar-refractivity contribution in [1.82, 2.24) is 29.9 Å². The van der Waals surface area contributed by atoms with E-state index in [0.29, 0.717) is 17.5 Å². The van der Waals surface area contributed by atoms with Gasteiger partial charge >= 0.3 is 0 Å². The molecule has 4 aromatic heterocycles. The van der Waals surface area contributed by atoms with E-state index in [-0.39, 0.29) is 0 Å². The molecule has 54 heavy (non-hydrogen) atoms. The van der Waals surface area contributed by atoms with Gasteiger partial charge in [0.25, 0.3) is 0 Å². The normalized spacial score (nSPS) is 11.0. The summed E-state index contributed by atoms with van der Waals surface area (Å²) < 4.78 is 0. The van der Waals surface area contributed by atoms with E-state index >= 15 is 0 Å². The van der Waals surface area contributed by atoms with Gasteiger partial charge in [-0.25, -0.2) is 19.9 Å². The van der Waals surface area contributed by atoms with Crippen molar-refractivity contribution in [2.45, 2.75) is 0 Å². The van der Waals surface area contributed by atoms with Crippen LogP contribution in [0, 0.1) is 0 Å². The molecule has 9 rings (SSSR count). The maximum atomic E-state index is 5.09. The van der Waals surface area contributed by atoms with Crippen molar-refractivity contribution < 1.29 is 0 Å². The van der Waals surface area contributed by atoms with Gasteiger partial charge in [0.05, 0.1) is 22.8 Å². The summed E-state index contributed by atoms with van der Waals surface area (Å²) in [6.07, 6.45) is 3.62. The lowest BCUT2D eigenvalue weighted by molar-refractivity contribution is 1.07. The molecule has 0 bridgehead atoms. The summed E-state index contributed by atoms with van der Waals surface area (Å²) in [6.45, 7) is 0. The second-order valence-corrected chi connectivity index (χ2v) is 12.8. The minimum absolute atomic E-state index is 0.629. The largest absolute Gasteiger partial charge is 0.255 e. The zero-order valence-electron chi connectivity index (χ0n) is 29.2. The lowest BCUT2D eigenvalue weighted by Crippen LogP contribution is -2.00. The van der Waals surface area contributed by atoms with Crippen LogP contribution in [-0.4, -0.2) is 29.9 Å². The van der Waals surface area contributed by atoms with Gasteiger partial charge in [0.15, 0.2) is 17.5 Å². The smallest absolute Gasteiger partial charge is 0.164 e. The summed E-state index contributed by atoms with van der Waals surface area (Å²) in [5.74, 6) is 1.91. The first-order valence-corrected chi connectivity index (χ1v) is 17.8. The molecule has 0 fully saturated rings. The number of hydrogen-bond acceptors (Lipinski definition) is 6. The number of benzene rings is 5. The van der Waals surface area contributed by atoms with Crippen molar-refractivity contribution in [3.8, 4) is 90.3 Å². The predicted octanol–water partition coefficient (Wildman–Crippen LogP) is 11.4. The molecule has 0 atom stereocenters. The van der Waals surface area contributed by atoms with Crippen LogP contribution in [0.4, 0.5) is 0 Å². The molecular weight excluding hydrogens is 661 g/mol.